The van der Waals surface area contributed by atoms with E-state index >= 15 is 0 Å². The zero-order valence-electron chi connectivity index (χ0n) is 10.9. The third-order valence-corrected chi connectivity index (χ3v) is 3.79. The maximum Gasteiger partial charge on any atom is 0.338 e. The van der Waals surface area contributed by atoms with Crippen LogP contribution in [0.1, 0.15) is 31.8 Å². The second-order valence-corrected chi connectivity index (χ2v) is 4.81. The van der Waals surface area contributed by atoms with Crippen molar-refractivity contribution in [1.29, 1.82) is 0 Å². The molecule has 0 saturated carbocycles. The molecule has 2 rings (SSSR count). The monoisotopic (exact) mass is 327 g/mol. The van der Waals surface area contributed by atoms with Gasteiger partial charge in [0.2, 0.25) is 0 Å². The third kappa shape index (κ3) is 2.10. The number of methoxy groups -OCH3 is 2. The van der Waals surface area contributed by atoms with E-state index in [-0.39, 0.29) is 5.91 Å². The van der Waals surface area contributed by atoms with Crippen molar-refractivity contribution in [1.82, 2.24) is 4.90 Å². The van der Waals surface area contributed by atoms with Gasteiger partial charge in [-0.05, 0) is 11.6 Å². The van der Waals surface area contributed by atoms with Gasteiger partial charge in [0.15, 0.2) is 0 Å². The number of benzene rings is 1. The molecule has 5 nitrogen and oxygen atoms in total. The fraction of sp³-hybridized carbons (Fsp3) is 0.385. The molecular formula is C13H14BrNO4. The minimum atomic E-state index is -0.434. The van der Waals surface area contributed by atoms with E-state index in [2.05, 4.69) is 15.9 Å². The Morgan fingerprint density at radius 3 is 2.68 bits per heavy atom. The molecule has 0 fully saturated rings. The van der Waals surface area contributed by atoms with Gasteiger partial charge in [-0.1, -0.05) is 15.9 Å². The van der Waals surface area contributed by atoms with Crippen molar-refractivity contribution in [3.8, 4) is 5.75 Å². The summed E-state index contributed by atoms with van der Waals surface area (Å²) in [6.45, 7) is 0.385. The lowest BCUT2D eigenvalue weighted by atomic mass is 9.97. The van der Waals surface area contributed by atoms with Gasteiger partial charge in [-0.3, -0.25) is 4.79 Å². The second-order valence-electron chi connectivity index (χ2n) is 4.25. The summed E-state index contributed by atoms with van der Waals surface area (Å²) in [5, 5.41) is 0.485. The summed E-state index contributed by atoms with van der Waals surface area (Å²) >= 11 is 3.35. The highest BCUT2D eigenvalue weighted by molar-refractivity contribution is 9.08. The number of hydrogen-bond acceptors (Lipinski definition) is 4. The maximum absolute atomic E-state index is 12.1. The van der Waals surface area contributed by atoms with Crippen molar-refractivity contribution in [2.45, 2.75) is 11.9 Å². The van der Waals surface area contributed by atoms with Crippen LogP contribution in [0.5, 0.6) is 5.75 Å². The molecule has 1 amide bonds. The van der Waals surface area contributed by atoms with Crippen molar-refractivity contribution in [3.63, 3.8) is 0 Å². The first-order valence-corrected chi connectivity index (χ1v) is 6.79. The van der Waals surface area contributed by atoms with E-state index in [1.165, 1.54) is 14.2 Å². The lowest BCUT2D eigenvalue weighted by Gasteiger charge is -2.13. The summed E-state index contributed by atoms with van der Waals surface area (Å²) in [6.07, 6.45) is 0. The highest BCUT2D eigenvalue weighted by Gasteiger charge is 2.34. The van der Waals surface area contributed by atoms with E-state index in [9.17, 15) is 9.59 Å². The molecule has 0 atom stereocenters. The molecule has 102 valence electrons. The first kappa shape index (κ1) is 13.9. The number of fused-ring (bicyclic) bond motifs is 1. The van der Waals surface area contributed by atoms with Gasteiger partial charge in [-0.2, -0.15) is 0 Å². The Hall–Kier alpha value is -1.56. The van der Waals surface area contributed by atoms with Gasteiger partial charge in [0.25, 0.3) is 5.91 Å². The lowest BCUT2D eigenvalue weighted by molar-refractivity contribution is 0.0597. The molecule has 1 aliphatic rings. The van der Waals surface area contributed by atoms with Crippen LogP contribution >= 0.6 is 15.9 Å². The summed E-state index contributed by atoms with van der Waals surface area (Å²) in [5.74, 6) is -0.0824. The summed E-state index contributed by atoms with van der Waals surface area (Å²) in [7, 11) is 4.53. The number of rotatable bonds is 3. The summed E-state index contributed by atoms with van der Waals surface area (Å²) in [5.41, 5.74) is 2.33. The average Bonchev–Trinajstić information content (AvgIpc) is 2.72. The Morgan fingerprint density at radius 2 is 2.16 bits per heavy atom. The van der Waals surface area contributed by atoms with Gasteiger partial charge in [-0.25, -0.2) is 4.79 Å². The maximum atomic E-state index is 12.1. The van der Waals surface area contributed by atoms with Crippen molar-refractivity contribution >= 4 is 27.8 Å². The summed E-state index contributed by atoms with van der Waals surface area (Å²) < 4.78 is 10.1. The summed E-state index contributed by atoms with van der Waals surface area (Å²) in [4.78, 5) is 25.6. The standard InChI is InChI=1S/C13H14BrNO4/c1-15-6-8-10(13(17)19-3)7(5-14)4-9(18-2)11(8)12(15)16/h4H,5-6H2,1-3H3. The Morgan fingerprint density at radius 1 is 1.47 bits per heavy atom. The van der Waals surface area contributed by atoms with Crippen LogP contribution in [0, 0.1) is 0 Å². The van der Waals surface area contributed by atoms with Gasteiger partial charge in [-0.15, -0.1) is 0 Å². The molecule has 0 bridgehead atoms. The number of amides is 1. The zero-order valence-corrected chi connectivity index (χ0v) is 12.5. The number of alkyl halides is 1. The van der Waals surface area contributed by atoms with Gasteiger partial charge in [0, 0.05) is 24.5 Å². The van der Waals surface area contributed by atoms with Gasteiger partial charge in [0.05, 0.1) is 25.3 Å². The van der Waals surface area contributed by atoms with Crippen molar-refractivity contribution in [3.05, 3.63) is 28.3 Å². The van der Waals surface area contributed by atoms with Crippen molar-refractivity contribution < 1.29 is 19.1 Å². The molecule has 1 aromatic carbocycles. The van der Waals surface area contributed by atoms with Crippen LogP contribution < -0.4 is 4.74 Å². The molecule has 0 unspecified atom stereocenters. The van der Waals surface area contributed by atoms with E-state index in [0.717, 1.165) is 5.56 Å². The first-order chi connectivity index (χ1) is 9.04. The Balaban J connectivity index is 2.75. The van der Waals surface area contributed by atoms with Crippen LogP contribution in [0.3, 0.4) is 0 Å². The molecule has 0 saturated heterocycles. The van der Waals surface area contributed by atoms with Crippen LogP contribution in [-0.4, -0.2) is 38.0 Å². The van der Waals surface area contributed by atoms with Gasteiger partial charge < -0.3 is 14.4 Å². The number of esters is 1. The third-order valence-electron chi connectivity index (χ3n) is 3.19. The molecule has 6 heteroatoms. The molecule has 1 aliphatic heterocycles. The Bertz CT molecular complexity index is 556. The van der Waals surface area contributed by atoms with Crippen LogP contribution in [-0.2, 0) is 16.6 Å². The van der Waals surface area contributed by atoms with E-state index in [1.807, 2.05) is 0 Å². The van der Waals surface area contributed by atoms with Crippen LogP contribution in [0.25, 0.3) is 0 Å². The van der Waals surface area contributed by atoms with E-state index in [0.29, 0.717) is 34.3 Å². The van der Waals surface area contributed by atoms with Crippen LogP contribution in [0.15, 0.2) is 6.07 Å². The minimum absolute atomic E-state index is 0.141. The number of nitrogens with zero attached hydrogens (tertiary/aromatic N) is 1. The molecule has 1 aromatic rings. The quantitative estimate of drug-likeness (QED) is 0.629. The molecule has 19 heavy (non-hydrogen) atoms. The fourth-order valence-electron chi connectivity index (χ4n) is 2.29. The highest BCUT2D eigenvalue weighted by Crippen LogP contribution is 2.36. The number of carbonyl (C=O) groups excluding carboxylic acids is 2. The van der Waals surface area contributed by atoms with E-state index in [4.69, 9.17) is 9.47 Å². The smallest absolute Gasteiger partial charge is 0.338 e. The van der Waals surface area contributed by atoms with E-state index < -0.39 is 5.97 Å². The molecule has 0 aromatic heterocycles. The number of carbonyl (C=O) groups is 2. The first-order valence-electron chi connectivity index (χ1n) is 5.67. The van der Waals surface area contributed by atoms with Crippen molar-refractivity contribution in [2.75, 3.05) is 21.3 Å². The number of hydrogen-bond donors (Lipinski definition) is 0. The van der Waals surface area contributed by atoms with Crippen molar-refractivity contribution in [2.24, 2.45) is 0 Å². The topological polar surface area (TPSA) is 55.8 Å². The number of halogens is 1. The molecule has 0 radical (unpaired) electrons. The van der Waals surface area contributed by atoms with E-state index in [1.54, 1.807) is 18.0 Å². The summed E-state index contributed by atoms with van der Waals surface area (Å²) in [6, 6.07) is 1.71. The lowest BCUT2D eigenvalue weighted by Crippen LogP contribution is -2.17. The highest BCUT2D eigenvalue weighted by atomic mass is 79.9. The molecule has 0 N–H and O–H groups in total. The van der Waals surface area contributed by atoms with Gasteiger partial charge >= 0.3 is 5.97 Å². The van der Waals surface area contributed by atoms with Crippen LogP contribution in [0.2, 0.25) is 0 Å². The van der Waals surface area contributed by atoms with Gasteiger partial charge in [0.1, 0.15) is 5.75 Å². The predicted molar refractivity (Wildman–Crippen MR) is 72.8 cm³/mol. The number of ether oxygens (including phenoxy) is 2. The Labute approximate surface area is 119 Å². The fourth-order valence-corrected chi connectivity index (χ4v) is 2.73. The molecular weight excluding hydrogens is 314 g/mol. The minimum Gasteiger partial charge on any atom is -0.496 e. The molecule has 0 aliphatic carbocycles. The van der Waals surface area contributed by atoms with Crippen LogP contribution in [0.4, 0.5) is 0 Å². The predicted octanol–water partition coefficient (Wildman–Crippen LogP) is 1.96. The SMILES string of the molecule is COC(=O)c1c(CBr)cc(OC)c2c1CN(C)C2=O. The molecule has 1 heterocycles. The Kier molecular flexibility index (Phi) is 3.80. The largest absolute Gasteiger partial charge is 0.496 e. The average molecular weight is 328 g/mol. The zero-order chi connectivity index (χ0) is 14.2. The normalized spacial score (nSPS) is 13.5. The second kappa shape index (κ2) is 5.21. The molecule has 0 spiro atoms.